The molecule has 0 aromatic heterocycles. The van der Waals surface area contributed by atoms with Crippen molar-refractivity contribution in [3.8, 4) is 0 Å². The van der Waals surface area contributed by atoms with Crippen molar-refractivity contribution < 1.29 is 18.0 Å². The van der Waals surface area contributed by atoms with Crippen molar-refractivity contribution in [2.24, 2.45) is 0 Å². The molecule has 142 valence electrons. The minimum absolute atomic E-state index is 0.111. The quantitative estimate of drug-likeness (QED) is 0.849. The van der Waals surface area contributed by atoms with Crippen LogP contribution in [-0.2, 0) is 14.8 Å². The van der Waals surface area contributed by atoms with E-state index < -0.39 is 10.0 Å². The molecule has 27 heavy (non-hydrogen) atoms. The van der Waals surface area contributed by atoms with E-state index in [0.29, 0.717) is 29.9 Å². The lowest BCUT2D eigenvalue weighted by molar-refractivity contribution is -0.116. The molecule has 0 atom stereocenters. The molecule has 0 aliphatic carbocycles. The van der Waals surface area contributed by atoms with Gasteiger partial charge in [-0.2, -0.15) is 0 Å². The molecule has 1 saturated heterocycles. The fourth-order valence-electron chi connectivity index (χ4n) is 2.95. The number of anilines is 2. The maximum absolute atomic E-state index is 12.6. The Bertz CT molecular complexity index is 944. The number of likely N-dealkylation sites (N-methyl/N-ethyl adjacent to an activating group) is 1. The van der Waals surface area contributed by atoms with Crippen molar-refractivity contribution in [2.45, 2.75) is 6.42 Å². The smallest absolute Gasteiger partial charge is 0.254 e. The summed E-state index contributed by atoms with van der Waals surface area (Å²) in [7, 11) is -1.78. The highest BCUT2D eigenvalue weighted by atomic mass is 32.2. The van der Waals surface area contributed by atoms with E-state index in [0.717, 1.165) is 0 Å². The lowest BCUT2D eigenvalue weighted by Crippen LogP contribution is -2.35. The number of benzene rings is 2. The number of carbonyl (C=O) groups is 2. The van der Waals surface area contributed by atoms with Crippen molar-refractivity contribution in [3.63, 3.8) is 0 Å². The Hall–Kier alpha value is -2.87. The van der Waals surface area contributed by atoms with E-state index in [1.165, 1.54) is 16.3 Å². The molecule has 2 amide bonds. The standard InChI is InChI=1S/C19H21N3O4S/c1-21(14-18(23)20-16-8-3-2-4-9-16)19(24)15-7-5-10-17(13-15)22-11-6-12-27(22,25)26/h2-5,7-10,13H,6,11-12,14H2,1H3,(H,20,23). The van der Waals surface area contributed by atoms with Crippen molar-refractivity contribution in [1.82, 2.24) is 4.90 Å². The molecule has 1 N–H and O–H groups in total. The lowest BCUT2D eigenvalue weighted by Gasteiger charge is -2.20. The Morgan fingerprint density at radius 3 is 2.52 bits per heavy atom. The molecule has 1 fully saturated rings. The van der Waals surface area contributed by atoms with Crippen LogP contribution in [0.1, 0.15) is 16.8 Å². The number of nitrogens with zero attached hydrogens (tertiary/aromatic N) is 2. The number of amides is 2. The van der Waals surface area contributed by atoms with Crippen LogP contribution in [0.4, 0.5) is 11.4 Å². The predicted octanol–water partition coefficient (Wildman–Crippen LogP) is 1.94. The van der Waals surface area contributed by atoms with Crippen LogP contribution < -0.4 is 9.62 Å². The molecule has 0 unspecified atom stereocenters. The SMILES string of the molecule is CN(CC(=O)Nc1ccccc1)C(=O)c1cccc(N2CCCS2(=O)=O)c1. The fourth-order valence-corrected chi connectivity index (χ4v) is 4.51. The van der Waals surface area contributed by atoms with Gasteiger partial charge in [-0.05, 0) is 36.8 Å². The van der Waals surface area contributed by atoms with Crippen molar-refractivity contribution >= 4 is 33.2 Å². The number of carbonyl (C=O) groups excluding carboxylic acids is 2. The van der Waals surface area contributed by atoms with Gasteiger partial charge in [-0.15, -0.1) is 0 Å². The number of hydrogen-bond acceptors (Lipinski definition) is 4. The fraction of sp³-hybridized carbons (Fsp3) is 0.263. The Morgan fingerprint density at radius 1 is 1.11 bits per heavy atom. The molecule has 2 aromatic carbocycles. The first-order chi connectivity index (χ1) is 12.9. The number of rotatable bonds is 5. The first-order valence-electron chi connectivity index (χ1n) is 8.58. The Labute approximate surface area is 158 Å². The number of hydrogen-bond donors (Lipinski definition) is 1. The second kappa shape index (κ2) is 7.79. The highest BCUT2D eigenvalue weighted by Gasteiger charge is 2.29. The number of para-hydroxylation sites is 1. The van der Waals surface area contributed by atoms with Crippen molar-refractivity contribution in [1.29, 1.82) is 0 Å². The average molecular weight is 387 g/mol. The van der Waals surface area contributed by atoms with Gasteiger partial charge in [0.15, 0.2) is 0 Å². The van der Waals surface area contributed by atoms with Gasteiger partial charge in [-0.3, -0.25) is 13.9 Å². The van der Waals surface area contributed by atoms with E-state index in [-0.39, 0.29) is 24.1 Å². The Kier molecular flexibility index (Phi) is 5.46. The normalized spacial score (nSPS) is 15.4. The third kappa shape index (κ3) is 4.46. The summed E-state index contributed by atoms with van der Waals surface area (Å²) < 4.78 is 25.5. The molecule has 2 aromatic rings. The summed E-state index contributed by atoms with van der Waals surface area (Å²) in [4.78, 5) is 26.1. The zero-order valence-electron chi connectivity index (χ0n) is 15.0. The van der Waals surface area contributed by atoms with Gasteiger partial charge in [-0.1, -0.05) is 24.3 Å². The predicted molar refractivity (Wildman–Crippen MR) is 104 cm³/mol. The topological polar surface area (TPSA) is 86.8 Å². The first kappa shape index (κ1) is 18.9. The molecule has 0 bridgehead atoms. The van der Waals surface area contributed by atoms with Crippen LogP contribution in [-0.4, -0.2) is 51.0 Å². The van der Waals surface area contributed by atoms with E-state index in [1.54, 1.807) is 36.4 Å². The monoisotopic (exact) mass is 387 g/mol. The second-order valence-electron chi connectivity index (χ2n) is 6.37. The summed E-state index contributed by atoms with van der Waals surface area (Å²) in [6.07, 6.45) is 0.570. The summed E-state index contributed by atoms with van der Waals surface area (Å²) in [5.41, 5.74) is 1.47. The third-order valence-corrected chi connectivity index (χ3v) is 6.13. The molecular weight excluding hydrogens is 366 g/mol. The summed E-state index contributed by atoms with van der Waals surface area (Å²) in [5, 5.41) is 2.73. The van der Waals surface area contributed by atoms with Gasteiger partial charge in [0.2, 0.25) is 15.9 Å². The van der Waals surface area contributed by atoms with E-state index in [4.69, 9.17) is 0 Å². The number of sulfonamides is 1. The molecule has 0 spiro atoms. The molecule has 7 nitrogen and oxygen atoms in total. The van der Waals surface area contributed by atoms with Crippen LogP contribution in [0.2, 0.25) is 0 Å². The maximum Gasteiger partial charge on any atom is 0.254 e. The highest BCUT2D eigenvalue weighted by Crippen LogP contribution is 2.25. The van der Waals surface area contributed by atoms with Crippen LogP contribution in [0.3, 0.4) is 0 Å². The lowest BCUT2D eigenvalue weighted by atomic mass is 10.1. The Morgan fingerprint density at radius 2 is 1.85 bits per heavy atom. The molecule has 8 heteroatoms. The molecule has 1 aliphatic heterocycles. The van der Waals surface area contributed by atoms with Crippen LogP contribution in [0, 0.1) is 0 Å². The van der Waals surface area contributed by atoms with Gasteiger partial charge in [0.05, 0.1) is 18.0 Å². The van der Waals surface area contributed by atoms with Gasteiger partial charge >= 0.3 is 0 Å². The molecule has 3 rings (SSSR count). The van der Waals surface area contributed by atoms with Gasteiger partial charge < -0.3 is 10.2 Å². The minimum Gasteiger partial charge on any atom is -0.332 e. The van der Waals surface area contributed by atoms with E-state index >= 15 is 0 Å². The first-order valence-corrected chi connectivity index (χ1v) is 10.2. The van der Waals surface area contributed by atoms with E-state index in [9.17, 15) is 18.0 Å². The molecule has 0 radical (unpaired) electrons. The van der Waals surface area contributed by atoms with Gasteiger partial charge in [0.25, 0.3) is 5.91 Å². The van der Waals surface area contributed by atoms with E-state index in [1.807, 2.05) is 18.2 Å². The van der Waals surface area contributed by atoms with Gasteiger partial charge in [-0.25, -0.2) is 8.42 Å². The molecular formula is C19H21N3O4S. The molecule has 1 heterocycles. The summed E-state index contributed by atoms with van der Waals surface area (Å²) in [6.45, 7) is 0.301. The summed E-state index contributed by atoms with van der Waals surface area (Å²) >= 11 is 0. The maximum atomic E-state index is 12.6. The van der Waals surface area contributed by atoms with E-state index in [2.05, 4.69) is 5.32 Å². The third-order valence-electron chi connectivity index (χ3n) is 4.27. The molecule has 0 saturated carbocycles. The Balaban J connectivity index is 1.68. The zero-order chi connectivity index (χ0) is 19.4. The van der Waals surface area contributed by atoms with Crippen molar-refractivity contribution in [3.05, 3.63) is 60.2 Å². The van der Waals surface area contributed by atoms with Gasteiger partial charge in [0.1, 0.15) is 0 Å². The van der Waals surface area contributed by atoms with Crippen LogP contribution >= 0.6 is 0 Å². The summed E-state index contributed by atoms with van der Waals surface area (Å²) in [5.74, 6) is -0.544. The highest BCUT2D eigenvalue weighted by molar-refractivity contribution is 7.93. The average Bonchev–Trinajstić information content (AvgIpc) is 3.01. The molecule has 1 aliphatic rings. The van der Waals surface area contributed by atoms with Gasteiger partial charge in [0, 0.05) is 24.8 Å². The number of nitrogens with one attached hydrogen (secondary N) is 1. The minimum atomic E-state index is -3.31. The summed E-state index contributed by atoms with van der Waals surface area (Å²) in [6, 6.07) is 15.5. The van der Waals surface area contributed by atoms with Crippen LogP contribution in [0.5, 0.6) is 0 Å². The van der Waals surface area contributed by atoms with Crippen molar-refractivity contribution in [2.75, 3.05) is 35.5 Å². The van der Waals surface area contributed by atoms with Crippen LogP contribution in [0.25, 0.3) is 0 Å². The largest absolute Gasteiger partial charge is 0.332 e. The van der Waals surface area contributed by atoms with Crippen LogP contribution in [0.15, 0.2) is 54.6 Å². The second-order valence-corrected chi connectivity index (χ2v) is 8.38. The zero-order valence-corrected chi connectivity index (χ0v) is 15.8.